The van der Waals surface area contributed by atoms with E-state index in [1.54, 1.807) is 0 Å². The van der Waals surface area contributed by atoms with E-state index in [2.05, 4.69) is 185 Å². The molecule has 262 valence electrons. The first-order valence-corrected chi connectivity index (χ1v) is 18.9. The number of rotatable bonds is 6. The molecule has 5 nitrogen and oxygen atoms in total. The molecule has 0 saturated carbocycles. The first-order valence-electron chi connectivity index (χ1n) is 18.9. The lowest BCUT2D eigenvalue weighted by Crippen LogP contribution is -2.04. The first kappa shape index (κ1) is 31.9. The van der Waals surface area contributed by atoms with Crippen molar-refractivity contribution in [2.45, 2.75) is 0 Å². The molecule has 0 aliphatic rings. The Bertz CT molecular complexity index is 3010. The summed E-state index contributed by atoms with van der Waals surface area (Å²) in [6.07, 6.45) is 0. The third-order valence-corrected chi connectivity index (χ3v) is 10.8. The molecule has 5 heteroatoms. The average Bonchev–Trinajstić information content (AvgIpc) is 3.80. The van der Waals surface area contributed by atoms with E-state index < -0.39 is 0 Å². The van der Waals surface area contributed by atoms with Gasteiger partial charge in [0, 0.05) is 49.6 Å². The summed E-state index contributed by atoms with van der Waals surface area (Å²) in [5, 5.41) is 4.83. The summed E-state index contributed by atoms with van der Waals surface area (Å²) in [7, 11) is 0. The highest BCUT2D eigenvalue weighted by Crippen LogP contribution is 2.38. The minimum atomic E-state index is 0.598. The molecule has 0 N–H and O–H groups in total. The Morgan fingerprint density at radius 2 is 0.625 bits per heavy atom. The van der Waals surface area contributed by atoms with Crippen LogP contribution in [-0.2, 0) is 0 Å². The monoisotopic (exact) mass is 715 g/mol. The first-order chi connectivity index (χ1) is 27.8. The predicted molar refractivity (Wildman–Crippen MR) is 230 cm³/mol. The van der Waals surface area contributed by atoms with E-state index in [-0.39, 0.29) is 0 Å². The number of para-hydroxylation sites is 4. The van der Waals surface area contributed by atoms with Crippen LogP contribution in [0.1, 0.15) is 0 Å². The van der Waals surface area contributed by atoms with Gasteiger partial charge in [-0.25, -0.2) is 15.0 Å². The molecule has 0 aliphatic carbocycles. The van der Waals surface area contributed by atoms with E-state index in [0.29, 0.717) is 17.5 Å². The van der Waals surface area contributed by atoms with Crippen LogP contribution < -0.4 is 0 Å². The van der Waals surface area contributed by atoms with E-state index in [0.717, 1.165) is 61.3 Å². The lowest BCUT2D eigenvalue weighted by molar-refractivity contribution is 1.07. The maximum Gasteiger partial charge on any atom is 0.164 e. The highest BCUT2D eigenvalue weighted by molar-refractivity contribution is 6.10. The van der Waals surface area contributed by atoms with Gasteiger partial charge in [-0.05, 0) is 53.6 Å². The minimum absolute atomic E-state index is 0.598. The van der Waals surface area contributed by atoms with Gasteiger partial charge in [-0.1, -0.05) is 158 Å². The minimum Gasteiger partial charge on any atom is -0.309 e. The van der Waals surface area contributed by atoms with Crippen LogP contribution in [0.3, 0.4) is 0 Å². The fourth-order valence-electron chi connectivity index (χ4n) is 8.27. The van der Waals surface area contributed by atoms with Crippen LogP contribution in [0.2, 0.25) is 0 Å². The van der Waals surface area contributed by atoms with Crippen LogP contribution in [0.25, 0.3) is 100 Å². The quantitative estimate of drug-likeness (QED) is 0.172. The number of benzene rings is 8. The molecule has 0 radical (unpaired) electrons. The van der Waals surface area contributed by atoms with Crippen LogP contribution in [0.15, 0.2) is 200 Å². The Hall–Kier alpha value is -7.63. The van der Waals surface area contributed by atoms with Crippen molar-refractivity contribution in [2.75, 3.05) is 0 Å². The van der Waals surface area contributed by atoms with Crippen molar-refractivity contribution in [1.29, 1.82) is 0 Å². The van der Waals surface area contributed by atoms with Crippen LogP contribution in [0.5, 0.6) is 0 Å². The second-order valence-corrected chi connectivity index (χ2v) is 14.1. The van der Waals surface area contributed by atoms with Crippen LogP contribution in [0, 0.1) is 0 Å². The summed E-state index contributed by atoms with van der Waals surface area (Å²) >= 11 is 0. The molecule has 3 heterocycles. The van der Waals surface area contributed by atoms with Gasteiger partial charge in [-0.3, -0.25) is 0 Å². The highest BCUT2D eigenvalue weighted by Gasteiger charge is 2.20. The maximum atomic E-state index is 5.34. The van der Waals surface area contributed by atoms with Gasteiger partial charge in [0.25, 0.3) is 0 Å². The van der Waals surface area contributed by atoms with Gasteiger partial charge in [0.2, 0.25) is 0 Å². The van der Waals surface area contributed by atoms with Gasteiger partial charge in [-0.2, -0.15) is 0 Å². The van der Waals surface area contributed by atoms with Gasteiger partial charge in [0.15, 0.2) is 17.5 Å². The maximum absolute atomic E-state index is 5.34. The molecule has 0 unspecified atom stereocenters. The lowest BCUT2D eigenvalue weighted by Gasteiger charge is -2.16. The van der Waals surface area contributed by atoms with Crippen molar-refractivity contribution in [3.63, 3.8) is 0 Å². The second-order valence-electron chi connectivity index (χ2n) is 14.1. The van der Waals surface area contributed by atoms with Gasteiger partial charge >= 0.3 is 0 Å². The zero-order valence-electron chi connectivity index (χ0n) is 30.3. The fourth-order valence-corrected chi connectivity index (χ4v) is 8.27. The van der Waals surface area contributed by atoms with Crippen LogP contribution >= 0.6 is 0 Å². The van der Waals surface area contributed by atoms with Crippen molar-refractivity contribution in [3.05, 3.63) is 200 Å². The van der Waals surface area contributed by atoms with Crippen molar-refractivity contribution >= 4 is 43.6 Å². The number of fused-ring (bicyclic) bond motifs is 6. The molecule has 11 rings (SSSR count). The Morgan fingerprint density at radius 1 is 0.268 bits per heavy atom. The number of nitrogens with zero attached hydrogens (tertiary/aromatic N) is 5. The molecule has 8 aromatic carbocycles. The molecule has 0 bridgehead atoms. The third-order valence-electron chi connectivity index (χ3n) is 10.8. The normalized spacial score (nSPS) is 11.6. The summed E-state index contributed by atoms with van der Waals surface area (Å²) in [4.78, 5) is 15.8. The Labute approximate surface area is 323 Å². The van der Waals surface area contributed by atoms with Crippen molar-refractivity contribution in [1.82, 2.24) is 24.1 Å². The molecular weight excluding hydrogens is 683 g/mol. The molecule has 0 aliphatic heterocycles. The molecule has 3 aromatic heterocycles. The summed E-state index contributed by atoms with van der Waals surface area (Å²) < 4.78 is 4.74. The zero-order valence-corrected chi connectivity index (χ0v) is 30.3. The number of hydrogen-bond acceptors (Lipinski definition) is 3. The van der Waals surface area contributed by atoms with Crippen LogP contribution in [-0.4, -0.2) is 24.1 Å². The van der Waals surface area contributed by atoms with E-state index in [9.17, 15) is 0 Å². The average molecular weight is 716 g/mol. The second kappa shape index (κ2) is 13.0. The SMILES string of the molecule is c1ccc(-c2nc(-c3cc(-n4c5ccccc5c5ccccc54)cc(-n4c5ccccc5c5ccccc54)c3)nc(-c3ccccc3-c3ccccc3)n2)cc1. The lowest BCUT2D eigenvalue weighted by atomic mass is 9.99. The zero-order chi connectivity index (χ0) is 37.0. The Morgan fingerprint density at radius 3 is 1.11 bits per heavy atom. The molecule has 56 heavy (non-hydrogen) atoms. The Kier molecular flexibility index (Phi) is 7.42. The van der Waals surface area contributed by atoms with Crippen LogP contribution in [0.4, 0.5) is 0 Å². The number of hydrogen-bond donors (Lipinski definition) is 0. The van der Waals surface area contributed by atoms with Crippen molar-refractivity contribution in [3.8, 4) is 56.7 Å². The molecule has 0 spiro atoms. The molecule has 0 fully saturated rings. The molecule has 11 aromatic rings. The van der Waals surface area contributed by atoms with E-state index in [1.165, 1.54) is 21.5 Å². The summed E-state index contributed by atoms with van der Waals surface area (Å²) in [6, 6.07) is 70.3. The summed E-state index contributed by atoms with van der Waals surface area (Å²) in [5.74, 6) is 1.84. The molecular formula is C51H33N5. The van der Waals surface area contributed by atoms with Crippen molar-refractivity contribution < 1.29 is 0 Å². The van der Waals surface area contributed by atoms with E-state index in [1.807, 2.05) is 24.3 Å². The van der Waals surface area contributed by atoms with Gasteiger partial charge in [0.05, 0.1) is 22.1 Å². The Balaban J connectivity index is 1.23. The largest absolute Gasteiger partial charge is 0.309 e. The standard InChI is InChI=1S/C51H33N5/c1-3-17-34(18-4-1)39-21-7-8-26-44(39)51-53-49(35-19-5-2-6-20-35)52-50(54-51)36-31-37(55-45-27-13-9-22-40(45)41-23-10-14-28-46(41)55)33-38(32-36)56-47-29-15-11-24-42(47)43-25-12-16-30-48(43)56/h1-33H. The predicted octanol–water partition coefficient (Wildman–Crippen LogP) is 12.7. The topological polar surface area (TPSA) is 48.5 Å². The van der Waals surface area contributed by atoms with Crippen molar-refractivity contribution in [2.24, 2.45) is 0 Å². The molecule has 0 saturated heterocycles. The highest BCUT2D eigenvalue weighted by atomic mass is 15.0. The number of aromatic nitrogens is 5. The fraction of sp³-hybridized carbons (Fsp3) is 0. The smallest absolute Gasteiger partial charge is 0.164 e. The molecule has 0 atom stereocenters. The van der Waals surface area contributed by atoms with Gasteiger partial charge in [0.1, 0.15) is 0 Å². The van der Waals surface area contributed by atoms with E-state index in [4.69, 9.17) is 15.0 Å². The van der Waals surface area contributed by atoms with Gasteiger partial charge in [-0.15, -0.1) is 0 Å². The van der Waals surface area contributed by atoms with Gasteiger partial charge < -0.3 is 9.13 Å². The molecule has 0 amide bonds. The van der Waals surface area contributed by atoms with E-state index >= 15 is 0 Å². The summed E-state index contributed by atoms with van der Waals surface area (Å²) in [6.45, 7) is 0. The summed E-state index contributed by atoms with van der Waals surface area (Å²) in [5.41, 5.74) is 11.5. The third kappa shape index (κ3) is 5.21.